The lowest BCUT2D eigenvalue weighted by Gasteiger charge is -2.10. The van der Waals surface area contributed by atoms with Gasteiger partial charge in [0.25, 0.3) is 6.43 Å². The van der Waals surface area contributed by atoms with E-state index in [9.17, 15) is 8.78 Å². The molecule has 2 rings (SSSR count). The molecule has 3 nitrogen and oxygen atoms in total. The van der Waals surface area contributed by atoms with Crippen LogP contribution in [0.5, 0.6) is 0 Å². The van der Waals surface area contributed by atoms with E-state index in [0.717, 1.165) is 12.8 Å². The van der Waals surface area contributed by atoms with Crippen molar-refractivity contribution >= 4 is 0 Å². The van der Waals surface area contributed by atoms with Gasteiger partial charge >= 0.3 is 0 Å². The topological polar surface area (TPSA) is 51.8 Å². The van der Waals surface area contributed by atoms with Crippen LogP contribution in [0.3, 0.4) is 0 Å². The van der Waals surface area contributed by atoms with Crippen LogP contribution in [-0.4, -0.2) is 9.97 Å². The number of nitrogens with two attached hydrogens (primary N) is 1. The van der Waals surface area contributed by atoms with E-state index in [1.165, 1.54) is 6.07 Å². The molecule has 1 aliphatic carbocycles. The summed E-state index contributed by atoms with van der Waals surface area (Å²) in [6.45, 7) is 1.68. The molecular formula is C10H13F2N3. The highest BCUT2D eigenvalue weighted by molar-refractivity contribution is 5.14. The molecule has 0 bridgehead atoms. The largest absolute Gasteiger partial charge is 0.321 e. The summed E-state index contributed by atoms with van der Waals surface area (Å²) in [7, 11) is 0. The predicted octanol–water partition coefficient (Wildman–Crippen LogP) is 2.13. The molecule has 1 aromatic heterocycles. The Morgan fingerprint density at radius 1 is 1.40 bits per heavy atom. The minimum atomic E-state index is -2.56. The maximum absolute atomic E-state index is 12.5. The van der Waals surface area contributed by atoms with E-state index in [4.69, 9.17) is 5.73 Å². The van der Waals surface area contributed by atoms with Crippen LogP contribution in [0.15, 0.2) is 6.07 Å². The van der Waals surface area contributed by atoms with Gasteiger partial charge in [-0.05, 0) is 31.7 Å². The molecule has 82 valence electrons. The second-order valence-corrected chi connectivity index (χ2v) is 3.96. The van der Waals surface area contributed by atoms with Gasteiger partial charge < -0.3 is 5.73 Å². The molecule has 0 radical (unpaired) electrons. The second-order valence-electron chi connectivity index (χ2n) is 3.96. The SMILES string of the molecule is Cc1cc(C(F)F)nc(C(N)C2CC2)n1. The van der Waals surface area contributed by atoms with Crippen molar-refractivity contribution in [3.05, 3.63) is 23.3 Å². The first kappa shape index (κ1) is 10.4. The third-order valence-corrected chi connectivity index (χ3v) is 2.54. The highest BCUT2D eigenvalue weighted by Gasteiger charge is 2.31. The first-order chi connectivity index (χ1) is 7.08. The molecule has 0 spiro atoms. The van der Waals surface area contributed by atoms with E-state index in [1.54, 1.807) is 6.92 Å². The molecule has 5 heteroatoms. The molecular weight excluding hydrogens is 200 g/mol. The van der Waals surface area contributed by atoms with Crippen molar-refractivity contribution < 1.29 is 8.78 Å². The molecule has 0 amide bonds. The summed E-state index contributed by atoms with van der Waals surface area (Å²) in [6.07, 6.45) is -0.470. The summed E-state index contributed by atoms with van der Waals surface area (Å²) < 4.78 is 25.0. The number of hydrogen-bond donors (Lipinski definition) is 1. The highest BCUT2D eigenvalue weighted by Crippen LogP contribution is 2.38. The number of nitrogens with zero attached hydrogens (tertiary/aromatic N) is 2. The van der Waals surface area contributed by atoms with Crippen LogP contribution in [0.25, 0.3) is 0 Å². The lowest BCUT2D eigenvalue weighted by atomic mass is 10.2. The van der Waals surface area contributed by atoms with Gasteiger partial charge in [0.15, 0.2) is 0 Å². The van der Waals surface area contributed by atoms with Gasteiger partial charge in [-0.2, -0.15) is 0 Å². The molecule has 1 unspecified atom stereocenters. The van der Waals surface area contributed by atoms with Crippen LogP contribution in [-0.2, 0) is 0 Å². The normalized spacial score (nSPS) is 18.2. The number of hydrogen-bond acceptors (Lipinski definition) is 3. The van der Waals surface area contributed by atoms with Crippen molar-refractivity contribution in [3.63, 3.8) is 0 Å². The van der Waals surface area contributed by atoms with Crippen molar-refractivity contribution in [2.45, 2.75) is 32.2 Å². The molecule has 1 saturated carbocycles. The van der Waals surface area contributed by atoms with Crippen molar-refractivity contribution in [3.8, 4) is 0 Å². The molecule has 0 aliphatic heterocycles. The molecule has 0 saturated heterocycles. The van der Waals surface area contributed by atoms with Gasteiger partial charge in [0, 0.05) is 5.69 Å². The molecule has 1 heterocycles. The van der Waals surface area contributed by atoms with Gasteiger partial charge in [-0.25, -0.2) is 18.7 Å². The Morgan fingerprint density at radius 3 is 2.60 bits per heavy atom. The second kappa shape index (κ2) is 3.81. The summed E-state index contributed by atoms with van der Waals surface area (Å²) in [4.78, 5) is 7.92. The predicted molar refractivity (Wildman–Crippen MR) is 51.4 cm³/mol. The number of halogens is 2. The molecule has 0 aromatic carbocycles. The van der Waals surface area contributed by atoms with E-state index < -0.39 is 6.43 Å². The van der Waals surface area contributed by atoms with Crippen LogP contribution in [0.1, 0.15) is 42.5 Å². The van der Waals surface area contributed by atoms with Crippen LogP contribution >= 0.6 is 0 Å². The summed E-state index contributed by atoms with van der Waals surface area (Å²) in [5.41, 5.74) is 6.19. The van der Waals surface area contributed by atoms with Gasteiger partial charge in [0.1, 0.15) is 11.5 Å². The number of rotatable bonds is 3. The first-order valence-corrected chi connectivity index (χ1v) is 4.97. The van der Waals surface area contributed by atoms with E-state index in [1.807, 2.05) is 0 Å². The van der Waals surface area contributed by atoms with Gasteiger partial charge in [0.2, 0.25) is 0 Å². The monoisotopic (exact) mass is 213 g/mol. The first-order valence-electron chi connectivity index (χ1n) is 4.97. The van der Waals surface area contributed by atoms with Crippen LogP contribution in [0.2, 0.25) is 0 Å². The fourth-order valence-corrected chi connectivity index (χ4v) is 1.54. The molecule has 1 aromatic rings. The highest BCUT2D eigenvalue weighted by atomic mass is 19.3. The summed E-state index contributed by atoms with van der Waals surface area (Å²) >= 11 is 0. The molecule has 1 fully saturated rings. The number of alkyl halides is 2. The molecule has 1 atom stereocenters. The van der Waals surface area contributed by atoms with E-state index >= 15 is 0 Å². The van der Waals surface area contributed by atoms with E-state index in [0.29, 0.717) is 17.4 Å². The molecule has 2 N–H and O–H groups in total. The molecule has 1 aliphatic rings. The Morgan fingerprint density at radius 2 is 2.07 bits per heavy atom. The zero-order chi connectivity index (χ0) is 11.0. The van der Waals surface area contributed by atoms with Gasteiger partial charge in [-0.15, -0.1) is 0 Å². The Kier molecular flexibility index (Phi) is 2.65. The number of aryl methyl sites for hydroxylation is 1. The van der Waals surface area contributed by atoms with Crippen LogP contribution in [0, 0.1) is 12.8 Å². The Labute approximate surface area is 86.7 Å². The lowest BCUT2D eigenvalue weighted by Crippen LogP contribution is -2.17. The Balaban J connectivity index is 2.29. The zero-order valence-electron chi connectivity index (χ0n) is 8.45. The van der Waals surface area contributed by atoms with Gasteiger partial charge in [-0.3, -0.25) is 0 Å². The van der Waals surface area contributed by atoms with Crippen molar-refractivity contribution in [2.75, 3.05) is 0 Å². The van der Waals surface area contributed by atoms with Crippen LogP contribution in [0.4, 0.5) is 8.78 Å². The summed E-state index contributed by atoms with van der Waals surface area (Å²) in [5.74, 6) is 0.727. The smallest absolute Gasteiger partial charge is 0.280 e. The minimum absolute atomic E-state index is 0.228. The van der Waals surface area contributed by atoms with Crippen molar-refractivity contribution in [1.82, 2.24) is 9.97 Å². The van der Waals surface area contributed by atoms with E-state index in [-0.39, 0.29) is 11.7 Å². The van der Waals surface area contributed by atoms with E-state index in [2.05, 4.69) is 9.97 Å². The maximum Gasteiger partial charge on any atom is 0.280 e. The van der Waals surface area contributed by atoms with Crippen molar-refractivity contribution in [2.24, 2.45) is 11.7 Å². The Hall–Kier alpha value is -1.10. The fourth-order valence-electron chi connectivity index (χ4n) is 1.54. The van der Waals surface area contributed by atoms with Crippen molar-refractivity contribution in [1.29, 1.82) is 0 Å². The average molecular weight is 213 g/mol. The third kappa shape index (κ3) is 2.28. The zero-order valence-corrected chi connectivity index (χ0v) is 8.45. The van der Waals surface area contributed by atoms with Gasteiger partial charge in [0.05, 0.1) is 6.04 Å². The summed E-state index contributed by atoms with van der Waals surface area (Å²) in [5, 5.41) is 0. The molecule has 15 heavy (non-hydrogen) atoms. The summed E-state index contributed by atoms with van der Waals surface area (Å²) in [6, 6.07) is 1.01. The van der Waals surface area contributed by atoms with Crippen LogP contribution < -0.4 is 5.73 Å². The number of aromatic nitrogens is 2. The minimum Gasteiger partial charge on any atom is -0.321 e. The third-order valence-electron chi connectivity index (χ3n) is 2.54. The standard InChI is InChI=1S/C10H13F2N3/c1-5-4-7(9(11)12)15-10(14-5)8(13)6-2-3-6/h4,6,8-9H,2-3,13H2,1H3. The Bertz CT molecular complexity index is 364. The quantitative estimate of drug-likeness (QED) is 0.836. The van der Waals surface area contributed by atoms with Gasteiger partial charge in [-0.1, -0.05) is 0 Å². The average Bonchev–Trinajstić information content (AvgIpc) is 2.98. The fraction of sp³-hybridized carbons (Fsp3) is 0.600. The lowest BCUT2D eigenvalue weighted by molar-refractivity contribution is 0.145. The maximum atomic E-state index is 12.5.